The van der Waals surface area contributed by atoms with Crippen LogP contribution < -0.4 is 0 Å². The summed E-state index contributed by atoms with van der Waals surface area (Å²) in [7, 11) is 0. The first kappa shape index (κ1) is 30.2. The lowest BCUT2D eigenvalue weighted by molar-refractivity contribution is -0.140. The second kappa shape index (κ2) is 22.9. The minimum atomic E-state index is -0.407. The summed E-state index contributed by atoms with van der Waals surface area (Å²) < 4.78 is 42.9. The van der Waals surface area contributed by atoms with E-state index in [9.17, 15) is 4.79 Å². The molecule has 0 amide bonds. The molecule has 0 aliphatic heterocycles. The smallest absolute Gasteiger partial charge is 0.333 e. The molecule has 0 saturated carbocycles. The fourth-order valence-corrected chi connectivity index (χ4v) is 2.40. The Bertz CT molecular complexity index is 610. The molecule has 1 rings (SSSR count). The van der Waals surface area contributed by atoms with Crippen molar-refractivity contribution in [1.29, 1.82) is 0 Å². The lowest BCUT2D eigenvalue weighted by atomic mass is 10.2. The van der Waals surface area contributed by atoms with Crippen LogP contribution in [0.3, 0.4) is 0 Å². The van der Waals surface area contributed by atoms with Gasteiger partial charge in [0, 0.05) is 5.57 Å². The Kier molecular flexibility index (Phi) is 20.3. The van der Waals surface area contributed by atoms with Crippen molar-refractivity contribution in [3.63, 3.8) is 0 Å². The summed E-state index contributed by atoms with van der Waals surface area (Å²) >= 11 is 0. The average Bonchev–Trinajstić information content (AvgIpc) is 2.85. The second-order valence-electron chi connectivity index (χ2n) is 7.13. The van der Waals surface area contributed by atoms with Crippen molar-refractivity contribution in [1.82, 2.24) is 0 Å². The van der Waals surface area contributed by atoms with Gasteiger partial charge in [-0.3, -0.25) is 0 Å². The zero-order valence-electron chi connectivity index (χ0n) is 20.4. The Hall–Kier alpha value is -1.85. The summed E-state index contributed by atoms with van der Waals surface area (Å²) in [6.07, 6.45) is 0. The lowest BCUT2D eigenvalue weighted by Crippen LogP contribution is -2.15. The van der Waals surface area contributed by atoms with Crippen LogP contribution in [-0.4, -0.2) is 98.5 Å². The Morgan fingerprint density at radius 3 is 1.32 bits per heavy atom. The second-order valence-corrected chi connectivity index (χ2v) is 7.13. The minimum Gasteiger partial charge on any atom is -0.460 e. The molecule has 0 aliphatic carbocycles. The van der Waals surface area contributed by atoms with Crippen LogP contribution in [-0.2, 0) is 49.3 Å². The summed E-state index contributed by atoms with van der Waals surface area (Å²) in [4.78, 5) is 11.1. The van der Waals surface area contributed by atoms with Gasteiger partial charge in [-0.05, 0) is 12.5 Å². The summed E-state index contributed by atoms with van der Waals surface area (Å²) in [6.45, 7) is 12.3. The third-order valence-corrected chi connectivity index (χ3v) is 4.15. The van der Waals surface area contributed by atoms with E-state index in [1.807, 2.05) is 30.3 Å². The third kappa shape index (κ3) is 19.6. The van der Waals surface area contributed by atoms with Gasteiger partial charge in [-0.25, -0.2) is 4.79 Å². The Labute approximate surface area is 203 Å². The maximum atomic E-state index is 11.1. The van der Waals surface area contributed by atoms with Crippen LogP contribution in [0, 0.1) is 0 Å². The molecule has 9 nitrogen and oxygen atoms in total. The van der Waals surface area contributed by atoms with Crippen LogP contribution in [0.25, 0.3) is 0 Å². The van der Waals surface area contributed by atoms with E-state index in [-0.39, 0.29) is 6.61 Å². The van der Waals surface area contributed by atoms with Gasteiger partial charge in [0.2, 0.25) is 0 Å². The van der Waals surface area contributed by atoms with Crippen molar-refractivity contribution in [2.24, 2.45) is 0 Å². The van der Waals surface area contributed by atoms with Crippen molar-refractivity contribution in [3.8, 4) is 0 Å². The first-order chi connectivity index (χ1) is 16.7. The SMILES string of the molecule is C=C(C)C(=O)OCCOCCOCCOCCOCCOCCOCCOCc1ccccc1. The highest BCUT2D eigenvalue weighted by molar-refractivity contribution is 5.86. The first-order valence-electron chi connectivity index (χ1n) is 11.6. The first-order valence-corrected chi connectivity index (χ1v) is 11.6. The number of hydrogen-bond acceptors (Lipinski definition) is 9. The van der Waals surface area contributed by atoms with Gasteiger partial charge in [0.1, 0.15) is 6.61 Å². The molecule has 0 unspecified atom stereocenters. The maximum absolute atomic E-state index is 11.1. The largest absolute Gasteiger partial charge is 0.460 e. The van der Waals surface area contributed by atoms with Crippen molar-refractivity contribution in [3.05, 3.63) is 48.0 Å². The zero-order chi connectivity index (χ0) is 24.5. The van der Waals surface area contributed by atoms with E-state index in [1.165, 1.54) is 0 Å². The van der Waals surface area contributed by atoms with Crippen molar-refractivity contribution < 1.29 is 42.7 Å². The average molecular weight is 485 g/mol. The molecule has 34 heavy (non-hydrogen) atoms. The fourth-order valence-electron chi connectivity index (χ4n) is 2.40. The molecular weight excluding hydrogens is 444 g/mol. The normalized spacial score (nSPS) is 11.0. The summed E-state index contributed by atoms with van der Waals surface area (Å²) in [5, 5.41) is 0. The molecule has 0 atom stereocenters. The van der Waals surface area contributed by atoms with Crippen LogP contribution in [0.15, 0.2) is 42.5 Å². The van der Waals surface area contributed by atoms with Crippen LogP contribution in [0.4, 0.5) is 0 Å². The van der Waals surface area contributed by atoms with E-state index in [0.29, 0.717) is 98.1 Å². The molecule has 0 radical (unpaired) electrons. The predicted octanol–water partition coefficient (Wildman–Crippen LogP) is 2.42. The van der Waals surface area contributed by atoms with Crippen molar-refractivity contribution in [2.45, 2.75) is 13.5 Å². The highest BCUT2D eigenvalue weighted by atomic mass is 16.6. The van der Waals surface area contributed by atoms with E-state index in [2.05, 4.69) is 6.58 Å². The van der Waals surface area contributed by atoms with Gasteiger partial charge in [-0.2, -0.15) is 0 Å². The number of carbonyl (C=O) groups excluding carboxylic acids is 1. The Morgan fingerprint density at radius 1 is 0.588 bits per heavy atom. The molecule has 194 valence electrons. The molecule has 0 spiro atoms. The van der Waals surface area contributed by atoms with E-state index in [4.69, 9.17) is 37.9 Å². The van der Waals surface area contributed by atoms with Gasteiger partial charge in [0.05, 0.1) is 92.5 Å². The molecule has 0 fully saturated rings. The monoisotopic (exact) mass is 484 g/mol. The highest BCUT2D eigenvalue weighted by Crippen LogP contribution is 2.00. The zero-order valence-corrected chi connectivity index (χ0v) is 20.4. The third-order valence-electron chi connectivity index (χ3n) is 4.15. The number of carbonyl (C=O) groups is 1. The molecule has 0 saturated heterocycles. The van der Waals surface area contributed by atoms with Gasteiger partial charge in [-0.1, -0.05) is 36.9 Å². The maximum Gasteiger partial charge on any atom is 0.333 e. The summed E-state index contributed by atoms with van der Waals surface area (Å²) in [5.41, 5.74) is 1.53. The molecule has 9 heteroatoms. The molecule has 0 aromatic heterocycles. The molecule has 0 N–H and O–H groups in total. The van der Waals surface area contributed by atoms with Gasteiger partial charge >= 0.3 is 5.97 Å². The number of hydrogen-bond donors (Lipinski definition) is 0. The topological polar surface area (TPSA) is 90.9 Å². The lowest BCUT2D eigenvalue weighted by Gasteiger charge is -2.08. The molecule has 1 aromatic rings. The van der Waals surface area contributed by atoms with Crippen LogP contribution in [0.2, 0.25) is 0 Å². The van der Waals surface area contributed by atoms with Gasteiger partial charge in [0.15, 0.2) is 0 Å². The Balaban J connectivity index is 1.67. The number of rotatable bonds is 24. The highest BCUT2D eigenvalue weighted by Gasteiger charge is 2.01. The number of ether oxygens (including phenoxy) is 8. The summed E-state index contributed by atoms with van der Waals surface area (Å²) in [5.74, 6) is -0.407. The predicted molar refractivity (Wildman–Crippen MR) is 127 cm³/mol. The van der Waals surface area contributed by atoms with Gasteiger partial charge < -0.3 is 37.9 Å². The minimum absolute atomic E-state index is 0.207. The van der Waals surface area contributed by atoms with Crippen LogP contribution in [0.5, 0.6) is 0 Å². The Morgan fingerprint density at radius 2 is 0.941 bits per heavy atom. The molecule has 0 aliphatic rings. The molecule has 0 heterocycles. The van der Waals surface area contributed by atoms with Crippen LogP contribution >= 0.6 is 0 Å². The van der Waals surface area contributed by atoms with Gasteiger partial charge in [0.25, 0.3) is 0 Å². The fraction of sp³-hybridized carbons (Fsp3) is 0.640. The molecular formula is C25H40O9. The van der Waals surface area contributed by atoms with E-state index < -0.39 is 5.97 Å². The van der Waals surface area contributed by atoms with Crippen molar-refractivity contribution in [2.75, 3.05) is 92.5 Å². The number of esters is 1. The van der Waals surface area contributed by atoms with Gasteiger partial charge in [-0.15, -0.1) is 0 Å². The number of benzene rings is 1. The van der Waals surface area contributed by atoms with E-state index in [0.717, 1.165) is 5.56 Å². The molecule has 1 aromatic carbocycles. The summed E-state index contributed by atoms with van der Waals surface area (Å²) in [6, 6.07) is 10.1. The quantitative estimate of drug-likeness (QED) is 0.125. The van der Waals surface area contributed by atoms with Crippen molar-refractivity contribution >= 4 is 5.97 Å². The molecule has 0 bridgehead atoms. The standard InChI is InChI=1S/C25H40O9/c1-23(2)25(26)34-21-20-32-17-16-30-13-12-28-9-8-27-10-11-29-14-15-31-18-19-33-22-24-6-4-3-5-7-24/h3-7H,1,8-22H2,2H3. The van der Waals surface area contributed by atoms with E-state index >= 15 is 0 Å². The van der Waals surface area contributed by atoms with Crippen LogP contribution in [0.1, 0.15) is 12.5 Å². The van der Waals surface area contributed by atoms with E-state index in [1.54, 1.807) is 6.92 Å².